The maximum atomic E-state index is 10.8. The Morgan fingerprint density at radius 1 is 1.32 bits per heavy atom. The molecule has 0 aliphatic heterocycles. The third-order valence-corrected chi connectivity index (χ3v) is 2.36. The summed E-state index contributed by atoms with van der Waals surface area (Å²) in [6, 6.07) is 5.17. The first-order valence-corrected chi connectivity index (χ1v) is 6.19. The topological polar surface area (TPSA) is 61.6 Å². The summed E-state index contributed by atoms with van der Waals surface area (Å²) in [4.78, 5) is 10.4. The van der Waals surface area contributed by atoms with Crippen LogP contribution < -0.4 is 9.47 Å². The largest absolute Gasteiger partial charge is 0.497 e. The highest BCUT2D eigenvalue weighted by Crippen LogP contribution is 2.26. The molecule has 106 valence electrons. The van der Waals surface area contributed by atoms with Crippen molar-refractivity contribution in [2.45, 2.75) is 27.2 Å². The van der Waals surface area contributed by atoms with E-state index < -0.39 is 0 Å². The lowest BCUT2D eigenvalue weighted by Gasteiger charge is -2.07. The van der Waals surface area contributed by atoms with Crippen molar-refractivity contribution < 1.29 is 14.4 Å². The van der Waals surface area contributed by atoms with Crippen molar-refractivity contribution in [3.05, 3.63) is 39.6 Å². The minimum absolute atomic E-state index is 0.136. The highest BCUT2D eigenvalue weighted by molar-refractivity contribution is 5.60. The summed E-state index contributed by atoms with van der Waals surface area (Å²) < 4.78 is 10.2. The minimum atomic E-state index is -0.390. The summed E-state index contributed by atoms with van der Waals surface area (Å²) in [7, 11) is 3.07. The first-order chi connectivity index (χ1) is 9.12. The monoisotopic (exact) mass is 267 g/mol. The maximum Gasteiger partial charge on any atom is 0.246 e. The van der Waals surface area contributed by atoms with Gasteiger partial charge in [0.15, 0.2) is 0 Å². The molecule has 0 aliphatic rings. The van der Waals surface area contributed by atoms with E-state index in [0.717, 1.165) is 0 Å². The van der Waals surface area contributed by atoms with Crippen LogP contribution in [0, 0.1) is 10.1 Å². The molecule has 5 heteroatoms. The average Bonchev–Trinajstić information content (AvgIpc) is 2.46. The number of allylic oxidation sites excluding steroid dienone is 1. The van der Waals surface area contributed by atoms with Crippen LogP contribution in [0.3, 0.4) is 0 Å². The average molecular weight is 267 g/mol. The predicted octanol–water partition coefficient (Wildman–Crippen LogP) is 3.76. The number of nitro groups is 1. The zero-order chi connectivity index (χ0) is 14.8. The van der Waals surface area contributed by atoms with Gasteiger partial charge in [-0.1, -0.05) is 20.8 Å². The van der Waals surface area contributed by atoms with Gasteiger partial charge in [0.2, 0.25) is 5.70 Å². The van der Waals surface area contributed by atoms with Crippen LogP contribution in [0.25, 0.3) is 6.08 Å². The fraction of sp³-hybridized carbons (Fsp3) is 0.429. The van der Waals surface area contributed by atoms with Crippen LogP contribution in [-0.4, -0.2) is 19.1 Å². The number of nitrogens with zero attached hydrogens (tertiary/aromatic N) is 1. The molecule has 0 aromatic heterocycles. The molecule has 0 saturated carbocycles. The van der Waals surface area contributed by atoms with Gasteiger partial charge in [0.25, 0.3) is 0 Å². The molecule has 0 atom stereocenters. The molecule has 19 heavy (non-hydrogen) atoms. The van der Waals surface area contributed by atoms with Crippen LogP contribution >= 0.6 is 0 Å². The van der Waals surface area contributed by atoms with Gasteiger partial charge in [-0.25, -0.2) is 0 Å². The zero-order valence-electron chi connectivity index (χ0n) is 12.1. The number of methoxy groups -OCH3 is 2. The highest BCUT2D eigenvalue weighted by atomic mass is 16.6. The van der Waals surface area contributed by atoms with Crippen molar-refractivity contribution in [2.24, 2.45) is 0 Å². The van der Waals surface area contributed by atoms with Gasteiger partial charge < -0.3 is 9.47 Å². The minimum Gasteiger partial charge on any atom is -0.497 e. The number of rotatable bonds is 5. The molecular weight excluding hydrogens is 246 g/mol. The van der Waals surface area contributed by atoms with Crippen molar-refractivity contribution in [3.63, 3.8) is 0 Å². The van der Waals surface area contributed by atoms with Gasteiger partial charge in [0.1, 0.15) is 11.5 Å². The van der Waals surface area contributed by atoms with E-state index in [4.69, 9.17) is 9.47 Å². The molecule has 0 unspecified atom stereocenters. The molecule has 1 aromatic carbocycles. The molecule has 5 nitrogen and oxygen atoms in total. The van der Waals surface area contributed by atoms with E-state index in [2.05, 4.69) is 0 Å². The standard InChI is InChI=1S/C12H15NO4.C2H6/c1-4-10(13(14)15)7-9-8-11(16-2)5-6-12(9)17-3;1-2/h5-8H,4H2,1-3H3;1-2H3/b10-7+;. The lowest BCUT2D eigenvalue weighted by molar-refractivity contribution is -0.425. The van der Waals surface area contributed by atoms with E-state index in [1.165, 1.54) is 13.2 Å². The summed E-state index contributed by atoms with van der Waals surface area (Å²) in [5, 5.41) is 10.8. The zero-order valence-corrected chi connectivity index (χ0v) is 12.1. The third kappa shape index (κ3) is 4.99. The normalized spacial score (nSPS) is 10.3. The number of benzene rings is 1. The van der Waals surface area contributed by atoms with Crippen molar-refractivity contribution >= 4 is 6.08 Å². The summed E-state index contributed by atoms with van der Waals surface area (Å²) in [5.41, 5.74) is 0.775. The fourth-order valence-electron chi connectivity index (χ4n) is 1.42. The van der Waals surface area contributed by atoms with Crippen LogP contribution in [0.1, 0.15) is 32.8 Å². The maximum absolute atomic E-state index is 10.8. The Hall–Kier alpha value is -2.04. The van der Waals surface area contributed by atoms with Crippen molar-refractivity contribution in [3.8, 4) is 11.5 Å². The Morgan fingerprint density at radius 2 is 1.95 bits per heavy atom. The van der Waals surface area contributed by atoms with Gasteiger partial charge in [0, 0.05) is 18.1 Å². The smallest absolute Gasteiger partial charge is 0.246 e. The first kappa shape index (κ1) is 17.0. The third-order valence-electron chi connectivity index (χ3n) is 2.36. The number of hydrogen-bond donors (Lipinski definition) is 0. The first-order valence-electron chi connectivity index (χ1n) is 6.19. The van der Waals surface area contributed by atoms with Gasteiger partial charge >= 0.3 is 0 Å². The Bertz CT molecular complexity index is 441. The molecule has 0 N–H and O–H groups in total. The van der Waals surface area contributed by atoms with E-state index in [0.29, 0.717) is 23.5 Å². The molecule has 0 fully saturated rings. The van der Waals surface area contributed by atoms with Crippen LogP contribution in [0.5, 0.6) is 11.5 Å². The molecule has 1 rings (SSSR count). The summed E-state index contributed by atoms with van der Waals surface area (Å²) in [5.74, 6) is 1.22. The van der Waals surface area contributed by atoms with Crippen molar-refractivity contribution in [2.75, 3.05) is 14.2 Å². The van der Waals surface area contributed by atoms with Crippen LogP contribution in [0.4, 0.5) is 0 Å². The second-order valence-corrected chi connectivity index (χ2v) is 3.35. The quantitative estimate of drug-likeness (QED) is 0.602. The Morgan fingerprint density at radius 3 is 2.37 bits per heavy atom. The lowest BCUT2D eigenvalue weighted by atomic mass is 10.1. The van der Waals surface area contributed by atoms with E-state index in [9.17, 15) is 10.1 Å². The van der Waals surface area contributed by atoms with Crippen molar-refractivity contribution in [1.29, 1.82) is 0 Å². The summed E-state index contributed by atoms with van der Waals surface area (Å²) >= 11 is 0. The van der Waals surface area contributed by atoms with Crippen LogP contribution in [-0.2, 0) is 0 Å². The molecule has 0 amide bonds. The summed E-state index contributed by atoms with van der Waals surface area (Å²) in [6.07, 6.45) is 1.86. The molecular formula is C14H21NO4. The Labute approximate surface area is 114 Å². The lowest BCUT2D eigenvalue weighted by Crippen LogP contribution is -1.97. The number of ether oxygens (including phenoxy) is 2. The molecule has 0 spiro atoms. The Balaban J connectivity index is 0.00000154. The van der Waals surface area contributed by atoms with Crippen LogP contribution in [0.2, 0.25) is 0 Å². The highest BCUT2D eigenvalue weighted by Gasteiger charge is 2.10. The van der Waals surface area contributed by atoms with Crippen molar-refractivity contribution in [1.82, 2.24) is 0 Å². The van der Waals surface area contributed by atoms with Gasteiger partial charge in [0.05, 0.1) is 19.1 Å². The van der Waals surface area contributed by atoms with E-state index >= 15 is 0 Å². The van der Waals surface area contributed by atoms with Crippen LogP contribution in [0.15, 0.2) is 23.9 Å². The molecule has 0 saturated heterocycles. The molecule has 0 heterocycles. The number of hydrogen-bond acceptors (Lipinski definition) is 4. The molecule has 0 bridgehead atoms. The molecule has 1 aromatic rings. The summed E-state index contributed by atoms with van der Waals surface area (Å²) in [6.45, 7) is 5.74. The van der Waals surface area contributed by atoms with E-state index in [1.807, 2.05) is 13.8 Å². The predicted molar refractivity (Wildman–Crippen MR) is 76.2 cm³/mol. The van der Waals surface area contributed by atoms with Gasteiger partial charge in [-0.2, -0.15) is 0 Å². The second kappa shape index (κ2) is 8.97. The molecule has 0 radical (unpaired) electrons. The van der Waals surface area contributed by atoms with Gasteiger partial charge in [-0.15, -0.1) is 0 Å². The van der Waals surface area contributed by atoms with Gasteiger partial charge in [-0.05, 0) is 18.2 Å². The molecule has 0 aliphatic carbocycles. The van der Waals surface area contributed by atoms with E-state index in [1.54, 1.807) is 32.2 Å². The van der Waals surface area contributed by atoms with E-state index in [-0.39, 0.29) is 10.6 Å². The Kier molecular flexibility index (Phi) is 8.00. The van der Waals surface area contributed by atoms with Gasteiger partial charge in [-0.3, -0.25) is 10.1 Å². The second-order valence-electron chi connectivity index (χ2n) is 3.35. The SMILES string of the molecule is CC.CC/C(=C\c1cc(OC)ccc1OC)[N+](=O)[O-]. The fourth-order valence-corrected chi connectivity index (χ4v) is 1.42.